The Balaban J connectivity index is 2.50. The molecule has 1 N–H and O–H groups in total. The Morgan fingerprint density at radius 3 is 3.00 bits per heavy atom. The molecule has 1 aromatic rings. The minimum Gasteiger partial charge on any atom is -0.488 e. The summed E-state index contributed by atoms with van der Waals surface area (Å²) in [5, 5.41) is 3.04. The smallest absolute Gasteiger partial charge is 0.134 e. The van der Waals surface area contributed by atoms with Crippen LogP contribution in [0.15, 0.2) is 22.7 Å². The van der Waals surface area contributed by atoms with E-state index in [4.69, 9.17) is 11.2 Å². The Morgan fingerprint density at radius 2 is 2.38 bits per heavy atom. The van der Waals surface area contributed by atoms with E-state index < -0.39 is 0 Å². The fourth-order valence-corrected chi connectivity index (χ4v) is 1.62. The largest absolute Gasteiger partial charge is 0.488 e. The van der Waals surface area contributed by atoms with E-state index in [1.165, 1.54) is 12.1 Å². The van der Waals surface area contributed by atoms with Crippen LogP contribution in [0.1, 0.15) is 6.92 Å². The van der Waals surface area contributed by atoms with Crippen LogP contribution in [-0.4, -0.2) is 19.2 Å². The van der Waals surface area contributed by atoms with Crippen LogP contribution >= 0.6 is 15.9 Å². The van der Waals surface area contributed by atoms with Gasteiger partial charge in [-0.1, -0.05) is 5.92 Å². The van der Waals surface area contributed by atoms with Gasteiger partial charge in [0.2, 0.25) is 0 Å². The molecule has 86 valence electrons. The zero-order chi connectivity index (χ0) is 12.0. The fraction of sp³-hybridized carbons (Fsp3) is 0.333. The second kappa shape index (κ2) is 6.51. The van der Waals surface area contributed by atoms with Crippen LogP contribution < -0.4 is 10.1 Å². The normalized spacial score (nSPS) is 11.9. The van der Waals surface area contributed by atoms with Crippen LogP contribution in [0.4, 0.5) is 4.39 Å². The Kier molecular flexibility index (Phi) is 5.30. The number of benzene rings is 1. The molecule has 0 saturated heterocycles. The molecule has 0 aliphatic heterocycles. The number of nitrogens with one attached hydrogen (secondary N) is 1. The third-order valence-corrected chi connectivity index (χ3v) is 2.50. The van der Waals surface area contributed by atoms with Crippen LogP contribution in [0.2, 0.25) is 0 Å². The standard InChI is InChI=1S/C12H13BrFNO/c1-3-6-15-8-9(2)16-12-5-4-10(14)7-11(12)13/h1,4-5,7,9,15H,6,8H2,2H3. The maximum atomic E-state index is 12.8. The highest BCUT2D eigenvalue weighted by molar-refractivity contribution is 9.10. The van der Waals surface area contributed by atoms with E-state index in [-0.39, 0.29) is 11.9 Å². The number of terminal acetylenes is 1. The number of halogens is 2. The molecule has 0 amide bonds. The van der Waals surface area contributed by atoms with Gasteiger partial charge in [0, 0.05) is 6.54 Å². The van der Waals surface area contributed by atoms with E-state index in [0.29, 0.717) is 23.3 Å². The first-order valence-electron chi connectivity index (χ1n) is 4.89. The Hall–Kier alpha value is -1.05. The van der Waals surface area contributed by atoms with E-state index in [1.807, 2.05) is 6.92 Å². The summed E-state index contributed by atoms with van der Waals surface area (Å²) in [6.07, 6.45) is 5.07. The molecule has 0 aliphatic rings. The van der Waals surface area contributed by atoms with Gasteiger partial charge in [-0.3, -0.25) is 0 Å². The molecule has 0 aromatic heterocycles. The molecule has 16 heavy (non-hydrogen) atoms. The van der Waals surface area contributed by atoms with Crippen LogP contribution in [0.5, 0.6) is 5.75 Å². The van der Waals surface area contributed by atoms with Gasteiger partial charge in [0.15, 0.2) is 0 Å². The van der Waals surface area contributed by atoms with Gasteiger partial charge in [-0.25, -0.2) is 4.39 Å². The monoisotopic (exact) mass is 285 g/mol. The predicted molar refractivity (Wildman–Crippen MR) is 65.9 cm³/mol. The van der Waals surface area contributed by atoms with E-state index in [1.54, 1.807) is 6.07 Å². The number of rotatable bonds is 5. The second-order valence-corrected chi connectivity index (χ2v) is 4.19. The molecule has 2 nitrogen and oxygen atoms in total. The summed E-state index contributed by atoms with van der Waals surface area (Å²) in [6.45, 7) is 3.08. The van der Waals surface area contributed by atoms with Crippen molar-refractivity contribution in [3.05, 3.63) is 28.5 Å². The Labute approximate surface area is 103 Å². The van der Waals surface area contributed by atoms with Gasteiger partial charge in [0.25, 0.3) is 0 Å². The molecule has 0 bridgehead atoms. The number of hydrogen-bond donors (Lipinski definition) is 1. The number of ether oxygens (including phenoxy) is 1. The summed E-state index contributed by atoms with van der Waals surface area (Å²) in [7, 11) is 0. The van der Waals surface area contributed by atoms with Gasteiger partial charge in [-0.05, 0) is 41.1 Å². The highest BCUT2D eigenvalue weighted by atomic mass is 79.9. The first kappa shape index (κ1) is 13.0. The molecular weight excluding hydrogens is 273 g/mol. The second-order valence-electron chi connectivity index (χ2n) is 3.34. The average Bonchev–Trinajstić information content (AvgIpc) is 2.23. The molecule has 1 rings (SSSR count). The summed E-state index contributed by atoms with van der Waals surface area (Å²) >= 11 is 3.24. The minimum atomic E-state index is -0.294. The lowest BCUT2D eigenvalue weighted by Crippen LogP contribution is -2.29. The van der Waals surface area contributed by atoms with Crippen molar-refractivity contribution >= 4 is 15.9 Å². The molecule has 0 radical (unpaired) electrons. The van der Waals surface area contributed by atoms with Crippen molar-refractivity contribution in [2.75, 3.05) is 13.1 Å². The van der Waals surface area contributed by atoms with Crippen molar-refractivity contribution in [3.63, 3.8) is 0 Å². The molecule has 0 saturated carbocycles. The maximum Gasteiger partial charge on any atom is 0.134 e. The van der Waals surface area contributed by atoms with Gasteiger partial charge >= 0.3 is 0 Å². The number of hydrogen-bond acceptors (Lipinski definition) is 2. The van der Waals surface area contributed by atoms with Crippen LogP contribution in [0, 0.1) is 18.2 Å². The lowest BCUT2D eigenvalue weighted by atomic mass is 10.3. The Morgan fingerprint density at radius 1 is 1.62 bits per heavy atom. The van der Waals surface area contributed by atoms with E-state index in [0.717, 1.165) is 0 Å². The van der Waals surface area contributed by atoms with Crippen molar-refractivity contribution in [2.24, 2.45) is 0 Å². The molecule has 1 aromatic carbocycles. The van der Waals surface area contributed by atoms with Crippen LogP contribution in [-0.2, 0) is 0 Å². The van der Waals surface area contributed by atoms with Crippen molar-refractivity contribution in [3.8, 4) is 18.1 Å². The lowest BCUT2D eigenvalue weighted by molar-refractivity contribution is 0.217. The zero-order valence-corrected chi connectivity index (χ0v) is 10.6. The molecule has 0 aliphatic carbocycles. The molecule has 4 heteroatoms. The molecule has 0 spiro atoms. The maximum absolute atomic E-state index is 12.8. The minimum absolute atomic E-state index is 0.0323. The SMILES string of the molecule is C#CCNCC(C)Oc1ccc(F)cc1Br. The van der Waals surface area contributed by atoms with Crippen LogP contribution in [0.3, 0.4) is 0 Å². The van der Waals surface area contributed by atoms with Gasteiger partial charge in [0.05, 0.1) is 11.0 Å². The Bertz CT molecular complexity index is 389. The lowest BCUT2D eigenvalue weighted by Gasteiger charge is -2.15. The summed E-state index contributed by atoms with van der Waals surface area (Å²) in [5.74, 6) is 2.81. The van der Waals surface area contributed by atoms with Crippen molar-refractivity contribution in [1.29, 1.82) is 0 Å². The highest BCUT2D eigenvalue weighted by Crippen LogP contribution is 2.26. The summed E-state index contributed by atoms with van der Waals surface area (Å²) in [6, 6.07) is 4.33. The predicted octanol–water partition coefficient (Wildman–Crippen LogP) is 2.58. The van der Waals surface area contributed by atoms with E-state index >= 15 is 0 Å². The summed E-state index contributed by atoms with van der Waals surface area (Å²) < 4.78 is 19.0. The van der Waals surface area contributed by atoms with Gasteiger partial charge in [-0.15, -0.1) is 6.42 Å². The zero-order valence-electron chi connectivity index (χ0n) is 8.97. The van der Waals surface area contributed by atoms with E-state index in [9.17, 15) is 4.39 Å². The first-order chi connectivity index (χ1) is 7.63. The van der Waals surface area contributed by atoms with Gasteiger partial charge in [0.1, 0.15) is 17.7 Å². The highest BCUT2D eigenvalue weighted by Gasteiger charge is 2.07. The molecule has 0 heterocycles. The molecule has 0 fully saturated rings. The molecule has 1 unspecified atom stereocenters. The van der Waals surface area contributed by atoms with Crippen molar-refractivity contribution < 1.29 is 9.13 Å². The third-order valence-electron chi connectivity index (χ3n) is 1.88. The topological polar surface area (TPSA) is 21.3 Å². The van der Waals surface area contributed by atoms with Crippen molar-refractivity contribution in [2.45, 2.75) is 13.0 Å². The molecular formula is C12H13BrFNO. The summed E-state index contributed by atoms with van der Waals surface area (Å²) in [5.41, 5.74) is 0. The first-order valence-corrected chi connectivity index (χ1v) is 5.68. The molecule has 1 atom stereocenters. The average molecular weight is 286 g/mol. The van der Waals surface area contributed by atoms with Gasteiger partial charge in [-0.2, -0.15) is 0 Å². The van der Waals surface area contributed by atoms with E-state index in [2.05, 4.69) is 27.2 Å². The quantitative estimate of drug-likeness (QED) is 0.663. The van der Waals surface area contributed by atoms with Gasteiger partial charge < -0.3 is 10.1 Å². The fourth-order valence-electron chi connectivity index (χ4n) is 1.18. The van der Waals surface area contributed by atoms with Crippen LogP contribution in [0.25, 0.3) is 0 Å². The van der Waals surface area contributed by atoms with Crippen molar-refractivity contribution in [1.82, 2.24) is 5.32 Å². The summed E-state index contributed by atoms with van der Waals surface area (Å²) in [4.78, 5) is 0. The third kappa shape index (κ3) is 4.21.